The van der Waals surface area contributed by atoms with Crippen molar-refractivity contribution in [3.8, 4) is 0 Å². The Balaban J connectivity index is 1.71. The average molecular weight is 167 g/mol. The number of rotatable bonds is 1. The first-order chi connectivity index (χ1) is 5.89. The normalized spacial score (nSPS) is 47.5. The lowest BCUT2D eigenvalue weighted by Gasteiger charge is -2.45. The molecule has 0 aromatic rings. The molecule has 0 radical (unpaired) electrons. The van der Waals surface area contributed by atoms with Gasteiger partial charge in [0, 0.05) is 25.8 Å². The van der Waals surface area contributed by atoms with Crippen molar-refractivity contribution in [1.29, 1.82) is 0 Å². The Hall–Kier alpha value is -0.0800. The van der Waals surface area contributed by atoms with E-state index in [1.165, 1.54) is 32.2 Å². The molecule has 2 bridgehead atoms. The first-order valence-electron chi connectivity index (χ1n) is 5.20. The minimum absolute atomic E-state index is 0.717. The quantitative estimate of drug-likeness (QED) is 0.633. The maximum atomic E-state index is 5.40. The summed E-state index contributed by atoms with van der Waals surface area (Å²) in [5.41, 5.74) is 0.717. The predicted octanol–water partition coefficient (Wildman–Crippen LogP) is 1.16. The summed E-state index contributed by atoms with van der Waals surface area (Å²) in [6, 6.07) is 0.882. The van der Waals surface area contributed by atoms with Crippen molar-refractivity contribution in [3.63, 3.8) is 0 Å². The molecule has 0 spiro atoms. The van der Waals surface area contributed by atoms with Gasteiger partial charge in [0.15, 0.2) is 0 Å². The lowest BCUT2D eigenvalue weighted by molar-refractivity contribution is -0.00668. The molecule has 2 heteroatoms. The van der Waals surface area contributed by atoms with Gasteiger partial charge in [-0.05, 0) is 37.0 Å². The molecule has 2 nitrogen and oxygen atoms in total. The van der Waals surface area contributed by atoms with Crippen molar-refractivity contribution in [2.75, 3.05) is 19.8 Å². The third-order valence-corrected chi connectivity index (χ3v) is 4.14. The highest BCUT2D eigenvalue weighted by atomic mass is 16.5. The molecule has 4 rings (SSSR count). The van der Waals surface area contributed by atoms with E-state index in [1.54, 1.807) is 0 Å². The Morgan fingerprint density at radius 1 is 1.17 bits per heavy atom. The van der Waals surface area contributed by atoms with Crippen LogP contribution in [0.25, 0.3) is 0 Å². The van der Waals surface area contributed by atoms with E-state index in [2.05, 4.69) is 5.32 Å². The fourth-order valence-corrected chi connectivity index (χ4v) is 3.35. The van der Waals surface area contributed by atoms with Crippen LogP contribution >= 0.6 is 0 Å². The first-order valence-corrected chi connectivity index (χ1v) is 5.20. The molecule has 0 aromatic carbocycles. The molecule has 12 heavy (non-hydrogen) atoms. The van der Waals surface area contributed by atoms with Crippen LogP contribution in [0.3, 0.4) is 0 Å². The second-order valence-corrected chi connectivity index (χ2v) is 4.74. The van der Waals surface area contributed by atoms with Crippen LogP contribution in [0.1, 0.15) is 25.7 Å². The molecule has 1 aliphatic carbocycles. The van der Waals surface area contributed by atoms with Crippen LogP contribution < -0.4 is 5.32 Å². The van der Waals surface area contributed by atoms with Gasteiger partial charge in [-0.3, -0.25) is 0 Å². The van der Waals surface area contributed by atoms with Crippen LogP contribution in [0.2, 0.25) is 0 Å². The zero-order valence-corrected chi connectivity index (χ0v) is 7.51. The smallest absolute Gasteiger partial charge is 0.0468 e. The van der Waals surface area contributed by atoms with Crippen molar-refractivity contribution in [3.05, 3.63) is 0 Å². The van der Waals surface area contributed by atoms with Crippen molar-refractivity contribution < 1.29 is 4.74 Å². The highest BCUT2D eigenvalue weighted by Gasteiger charge is 2.54. The molecule has 1 N–H and O–H groups in total. The molecule has 3 aliphatic heterocycles. The van der Waals surface area contributed by atoms with Crippen molar-refractivity contribution in [2.45, 2.75) is 31.7 Å². The average Bonchev–Trinajstić information content (AvgIpc) is 2.63. The predicted molar refractivity (Wildman–Crippen MR) is 47.0 cm³/mol. The van der Waals surface area contributed by atoms with Crippen molar-refractivity contribution in [2.24, 2.45) is 11.3 Å². The zero-order valence-electron chi connectivity index (χ0n) is 7.51. The summed E-state index contributed by atoms with van der Waals surface area (Å²) >= 11 is 0. The second-order valence-electron chi connectivity index (χ2n) is 4.74. The number of hydrogen-bond donors (Lipinski definition) is 1. The van der Waals surface area contributed by atoms with Gasteiger partial charge in [-0.15, -0.1) is 0 Å². The highest BCUT2D eigenvalue weighted by Crippen LogP contribution is 2.54. The van der Waals surface area contributed by atoms with Crippen LogP contribution in [-0.2, 0) is 4.74 Å². The zero-order chi connectivity index (χ0) is 8.02. The second kappa shape index (κ2) is 2.46. The third kappa shape index (κ3) is 0.882. The maximum absolute atomic E-state index is 5.40. The maximum Gasteiger partial charge on any atom is 0.0468 e. The van der Waals surface area contributed by atoms with Gasteiger partial charge in [0.2, 0.25) is 0 Å². The van der Waals surface area contributed by atoms with E-state index in [4.69, 9.17) is 4.74 Å². The fourth-order valence-electron chi connectivity index (χ4n) is 3.35. The number of hydrogen-bond acceptors (Lipinski definition) is 2. The number of nitrogens with one attached hydrogen (secondary N) is 1. The Morgan fingerprint density at radius 2 is 1.92 bits per heavy atom. The Morgan fingerprint density at radius 3 is 2.50 bits per heavy atom. The number of fused-ring (bicyclic) bond motifs is 1. The minimum atomic E-state index is 0.717. The standard InChI is InChI=1S/C10H17NO/c1-3-12-4-2-8(1)10-5-9(6-10)11-7-10/h8-9,11H,1-7H2. The minimum Gasteiger partial charge on any atom is -0.381 e. The lowest BCUT2D eigenvalue weighted by atomic mass is 9.60. The molecule has 4 aliphatic rings. The monoisotopic (exact) mass is 167 g/mol. The largest absolute Gasteiger partial charge is 0.381 e. The molecule has 0 atom stereocenters. The molecule has 3 saturated heterocycles. The molecular weight excluding hydrogens is 150 g/mol. The van der Waals surface area contributed by atoms with E-state index in [-0.39, 0.29) is 0 Å². The summed E-state index contributed by atoms with van der Waals surface area (Å²) < 4.78 is 5.40. The van der Waals surface area contributed by atoms with E-state index < -0.39 is 0 Å². The van der Waals surface area contributed by atoms with E-state index >= 15 is 0 Å². The topological polar surface area (TPSA) is 21.3 Å². The van der Waals surface area contributed by atoms with Gasteiger partial charge in [-0.25, -0.2) is 0 Å². The van der Waals surface area contributed by atoms with Gasteiger partial charge in [-0.2, -0.15) is 0 Å². The number of ether oxygens (including phenoxy) is 1. The van der Waals surface area contributed by atoms with Gasteiger partial charge < -0.3 is 10.1 Å². The first kappa shape index (κ1) is 7.34. The molecule has 4 fully saturated rings. The summed E-state index contributed by atoms with van der Waals surface area (Å²) in [5.74, 6) is 0.970. The van der Waals surface area contributed by atoms with Crippen molar-refractivity contribution in [1.82, 2.24) is 5.32 Å². The van der Waals surface area contributed by atoms with Crippen molar-refractivity contribution >= 4 is 0 Å². The molecule has 1 saturated carbocycles. The van der Waals surface area contributed by atoms with Crippen LogP contribution in [-0.4, -0.2) is 25.8 Å². The molecule has 0 aromatic heterocycles. The molecule has 3 heterocycles. The van der Waals surface area contributed by atoms with Gasteiger partial charge in [0.25, 0.3) is 0 Å². The molecule has 0 unspecified atom stereocenters. The van der Waals surface area contributed by atoms with Crippen LogP contribution in [0.4, 0.5) is 0 Å². The highest BCUT2D eigenvalue weighted by molar-refractivity contribution is 5.09. The van der Waals surface area contributed by atoms with Gasteiger partial charge >= 0.3 is 0 Å². The van der Waals surface area contributed by atoms with E-state index in [9.17, 15) is 0 Å². The van der Waals surface area contributed by atoms with Gasteiger partial charge in [0.1, 0.15) is 0 Å². The van der Waals surface area contributed by atoms with E-state index in [0.29, 0.717) is 5.41 Å². The van der Waals surface area contributed by atoms with E-state index in [1.807, 2.05) is 0 Å². The molecule has 0 amide bonds. The summed E-state index contributed by atoms with van der Waals surface area (Å²) in [5, 5.41) is 3.59. The third-order valence-electron chi connectivity index (χ3n) is 4.14. The fraction of sp³-hybridized carbons (Fsp3) is 1.00. The van der Waals surface area contributed by atoms with Crippen LogP contribution in [0.15, 0.2) is 0 Å². The summed E-state index contributed by atoms with van der Waals surface area (Å²) in [6.45, 7) is 3.32. The van der Waals surface area contributed by atoms with E-state index in [0.717, 1.165) is 25.2 Å². The summed E-state index contributed by atoms with van der Waals surface area (Å²) in [7, 11) is 0. The van der Waals surface area contributed by atoms with Crippen LogP contribution in [0.5, 0.6) is 0 Å². The lowest BCUT2D eigenvalue weighted by Crippen LogP contribution is -2.42. The van der Waals surface area contributed by atoms with Gasteiger partial charge in [-0.1, -0.05) is 0 Å². The summed E-state index contributed by atoms with van der Waals surface area (Å²) in [4.78, 5) is 0. The van der Waals surface area contributed by atoms with Gasteiger partial charge in [0.05, 0.1) is 0 Å². The Labute approximate surface area is 73.7 Å². The summed E-state index contributed by atoms with van der Waals surface area (Å²) in [6.07, 6.45) is 5.54. The van der Waals surface area contributed by atoms with Crippen LogP contribution in [0, 0.1) is 11.3 Å². The SMILES string of the molecule is C1CC(C23CNC(C2)C3)CCO1. The molecule has 68 valence electrons. The Kier molecular flexibility index (Phi) is 1.50. The molecular formula is C10H17NO. The Bertz CT molecular complexity index is 175.